The van der Waals surface area contributed by atoms with Gasteiger partial charge in [-0.05, 0) is 54.0 Å². The van der Waals surface area contributed by atoms with Crippen molar-refractivity contribution in [3.63, 3.8) is 0 Å². The lowest BCUT2D eigenvalue weighted by Gasteiger charge is -2.01. The molecule has 1 N–H and O–H groups in total. The Kier molecular flexibility index (Phi) is 3.78. The standard InChI is InChI=1S/C12H14BrNS/c1-2-14-6-5-9-8-15-12-4-3-10(13)7-11(9)12/h3-4,7-8,14H,2,5-6H2,1H3. The van der Waals surface area contributed by atoms with Gasteiger partial charge in [-0.25, -0.2) is 0 Å². The molecule has 80 valence electrons. The van der Waals surface area contributed by atoms with Crippen molar-refractivity contribution in [1.82, 2.24) is 5.32 Å². The quantitative estimate of drug-likeness (QED) is 0.842. The molecular weight excluding hydrogens is 270 g/mol. The van der Waals surface area contributed by atoms with Gasteiger partial charge in [0.2, 0.25) is 0 Å². The van der Waals surface area contributed by atoms with Gasteiger partial charge in [-0.1, -0.05) is 22.9 Å². The molecule has 0 aliphatic rings. The molecule has 2 rings (SSSR count). The average molecular weight is 284 g/mol. The fourth-order valence-electron chi connectivity index (χ4n) is 1.65. The molecule has 15 heavy (non-hydrogen) atoms. The van der Waals surface area contributed by atoms with Crippen LogP contribution in [0.25, 0.3) is 10.1 Å². The summed E-state index contributed by atoms with van der Waals surface area (Å²) in [6.45, 7) is 4.25. The Morgan fingerprint density at radius 1 is 1.40 bits per heavy atom. The fraction of sp³-hybridized carbons (Fsp3) is 0.333. The van der Waals surface area contributed by atoms with Crippen molar-refractivity contribution >= 4 is 37.4 Å². The lowest BCUT2D eigenvalue weighted by molar-refractivity contribution is 0.719. The molecule has 0 atom stereocenters. The molecule has 0 saturated carbocycles. The van der Waals surface area contributed by atoms with E-state index in [-0.39, 0.29) is 0 Å². The van der Waals surface area contributed by atoms with Crippen molar-refractivity contribution in [2.24, 2.45) is 0 Å². The molecule has 1 aromatic carbocycles. The molecule has 3 heteroatoms. The van der Waals surface area contributed by atoms with Crippen LogP contribution < -0.4 is 5.32 Å². The first-order chi connectivity index (χ1) is 7.31. The minimum Gasteiger partial charge on any atom is -0.317 e. The zero-order valence-electron chi connectivity index (χ0n) is 8.72. The van der Waals surface area contributed by atoms with Gasteiger partial charge in [0.05, 0.1) is 0 Å². The van der Waals surface area contributed by atoms with Crippen molar-refractivity contribution in [3.8, 4) is 0 Å². The molecule has 0 aliphatic carbocycles. The van der Waals surface area contributed by atoms with E-state index >= 15 is 0 Å². The van der Waals surface area contributed by atoms with Crippen molar-refractivity contribution in [3.05, 3.63) is 33.6 Å². The van der Waals surface area contributed by atoms with Crippen LogP contribution in [0.5, 0.6) is 0 Å². The van der Waals surface area contributed by atoms with E-state index in [0.29, 0.717) is 0 Å². The average Bonchev–Trinajstić information content (AvgIpc) is 2.62. The molecule has 0 unspecified atom stereocenters. The molecule has 1 heterocycles. The summed E-state index contributed by atoms with van der Waals surface area (Å²) >= 11 is 5.35. The van der Waals surface area contributed by atoms with Crippen molar-refractivity contribution in [2.75, 3.05) is 13.1 Å². The van der Waals surface area contributed by atoms with E-state index in [0.717, 1.165) is 24.0 Å². The maximum atomic E-state index is 3.52. The van der Waals surface area contributed by atoms with Gasteiger partial charge in [-0.2, -0.15) is 0 Å². The van der Waals surface area contributed by atoms with Crippen LogP contribution in [0.15, 0.2) is 28.1 Å². The highest BCUT2D eigenvalue weighted by Crippen LogP contribution is 2.28. The third-order valence-electron chi connectivity index (χ3n) is 2.44. The normalized spacial score (nSPS) is 11.1. The minimum atomic E-state index is 1.05. The summed E-state index contributed by atoms with van der Waals surface area (Å²) in [4.78, 5) is 0. The van der Waals surface area contributed by atoms with Crippen molar-refractivity contribution in [1.29, 1.82) is 0 Å². The van der Waals surface area contributed by atoms with Crippen LogP contribution in [0.2, 0.25) is 0 Å². The second kappa shape index (κ2) is 5.10. The van der Waals surface area contributed by atoms with E-state index in [9.17, 15) is 0 Å². The Bertz CT molecular complexity index is 450. The molecule has 0 bridgehead atoms. The molecule has 0 fully saturated rings. The number of benzene rings is 1. The number of rotatable bonds is 4. The summed E-state index contributed by atoms with van der Waals surface area (Å²) in [6, 6.07) is 6.50. The third-order valence-corrected chi connectivity index (χ3v) is 3.94. The fourth-order valence-corrected chi connectivity index (χ4v) is 2.99. The topological polar surface area (TPSA) is 12.0 Å². The smallest absolute Gasteiger partial charge is 0.0346 e. The Hall–Kier alpha value is -0.380. The van der Waals surface area contributed by atoms with Crippen LogP contribution in [-0.2, 0) is 6.42 Å². The Balaban J connectivity index is 2.23. The SMILES string of the molecule is CCNCCc1csc2ccc(Br)cc12. The van der Waals surface area contributed by atoms with Gasteiger partial charge in [-0.3, -0.25) is 0 Å². The molecule has 0 radical (unpaired) electrons. The van der Waals surface area contributed by atoms with E-state index in [4.69, 9.17) is 0 Å². The van der Waals surface area contributed by atoms with Gasteiger partial charge in [-0.15, -0.1) is 11.3 Å². The second-order valence-electron chi connectivity index (χ2n) is 3.50. The predicted octanol–water partition coefficient (Wildman–Crippen LogP) is 3.82. The van der Waals surface area contributed by atoms with Crippen LogP contribution in [0.1, 0.15) is 12.5 Å². The molecule has 0 amide bonds. The number of thiophene rings is 1. The Labute approximate surface area is 103 Å². The van der Waals surface area contributed by atoms with Crippen LogP contribution in [0.3, 0.4) is 0 Å². The number of fused-ring (bicyclic) bond motifs is 1. The largest absolute Gasteiger partial charge is 0.317 e. The maximum Gasteiger partial charge on any atom is 0.0346 e. The van der Waals surface area contributed by atoms with E-state index in [1.807, 2.05) is 11.3 Å². The zero-order valence-corrected chi connectivity index (χ0v) is 11.1. The van der Waals surface area contributed by atoms with Crippen LogP contribution in [0.4, 0.5) is 0 Å². The zero-order chi connectivity index (χ0) is 10.7. The molecule has 1 nitrogen and oxygen atoms in total. The number of halogens is 1. The molecule has 1 aromatic heterocycles. The van der Waals surface area contributed by atoms with Gasteiger partial charge in [0.15, 0.2) is 0 Å². The predicted molar refractivity (Wildman–Crippen MR) is 71.8 cm³/mol. The van der Waals surface area contributed by atoms with Crippen LogP contribution in [0, 0.1) is 0 Å². The molecule has 0 spiro atoms. The molecule has 0 saturated heterocycles. The third kappa shape index (κ3) is 2.60. The van der Waals surface area contributed by atoms with Gasteiger partial charge in [0.1, 0.15) is 0 Å². The monoisotopic (exact) mass is 283 g/mol. The molecular formula is C12H14BrNS. The number of likely N-dealkylation sites (N-methyl/N-ethyl adjacent to an activating group) is 1. The molecule has 0 aliphatic heterocycles. The number of hydrogen-bond acceptors (Lipinski definition) is 2. The Morgan fingerprint density at radius 3 is 3.07 bits per heavy atom. The number of nitrogens with one attached hydrogen (secondary N) is 1. The van der Waals surface area contributed by atoms with E-state index in [1.54, 1.807) is 0 Å². The maximum absolute atomic E-state index is 3.52. The minimum absolute atomic E-state index is 1.05. The highest BCUT2D eigenvalue weighted by molar-refractivity contribution is 9.10. The summed E-state index contributed by atoms with van der Waals surface area (Å²) in [5.41, 5.74) is 1.46. The highest BCUT2D eigenvalue weighted by atomic mass is 79.9. The number of hydrogen-bond donors (Lipinski definition) is 1. The van der Waals surface area contributed by atoms with E-state index in [2.05, 4.69) is 51.7 Å². The van der Waals surface area contributed by atoms with Crippen LogP contribution in [-0.4, -0.2) is 13.1 Å². The summed E-state index contributed by atoms with van der Waals surface area (Å²) in [5.74, 6) is 0. The summed E-state index contributed by atoms with van der Waals surface area (Å²) in [5, 5.41) is 7.03. The van der Waals surface area contributed by atoms with Crippen molar-refractivity contribution < 1.29 is 0 Å². The lowest BCUT2D eigenvalue weighted by Crippen LogP contribution is -2.15. The summed E-state index contributed by atoms with van der Waals surface area (Å²) < 4.78 is 2.54. The summed E-state index contributed by atoms with van der Waals surface area (Å²) in [6.07, 6.45) is 1.12. The summed E-state index contributed by atoms with van der Waals surface area (Å²) in [7, 11) is 0. The van der Waals surface area contributed by atoms with Crippen molar-refractivity contribution in [2.45, 2.75) is 13.3 Å². The van der Waals surface area contributed by atoms with Gasteiger partial charge in [0.25, 0.3) is 0 Å². The van der Waals surface area contributed by atoms with E-state index < -0.39 is 0 Å². The first-order valence-electron chi connectivity index (χ1n) is 5.17. The van der Waals surface area contributed by atoms with Crippen LogP contribution >= 0.6 is 27.3 Å². The van der Waals surface area contributed by atoms with E-state index in [1.165, 1.54) is 15.6 Å². The lowest BCUT2D eigenvalue weighted by atomic mass is 10.1. The van der Waals surface area contributed by atoms with Gasteiger partial charge < -0.3 is 5.32 Å². The highest BCUT2D eigenvalue weighted by Gasteiger charge is 2.03. The second-order valence-corrected chi connectivity index (χ2v) is 5.33. The first-order valence-corrected chi connectivity index (χ1v) is 6.85. The molecule has 2 aromatic rings. The Morgan fingerprint density at radius 2 is 2.27 bits per heavy atom. The first kappa shape index (κ1) is 11.1. The van der Waals surface area contributed by atoms with Gasteiger partial charge >= 0.3 is 0 Å². The van der Waals surface area contributed by atoms with Gasteiger partial charge in [0, 0.05) is 9.17 Å².